The Bertz CT molecular complexity index is 247. The van der Waals surface area contributed by atoms with Crippen LogP contribution in [0.3, 0.4) is 0 Å². The number of nitrogens with one attached hydrogen (secondary N) is 1. The van der Waals surface area contributed by atoms with E-state index in [0.29, 0.717) is 13.1 Å². The second kappa shape index (κ2) is 6.71. The molecule has 0 unspecified atom stereocenters. The minimum absolute atomic E-state index is 0.244. The van der Waals surface area contributed by atoms with Gasteiger partial charge >= 0.3 is 12.0 Å². The van der Waals surface area contributed by atoms with Gasteiger partial charge in [-0.3, -0.25) is 4.79 Å². The van der Waals surface area contributed by atoms with Gasteiger partial charge in [0.15, 0.2) is 0 Å². The molecule has 14 heavy (non-hydrogen) atoms. The lowest BCUT2D eigenvalue weighted by Gasteiger charge is -2.19. The standard InChI is InChI=1S/C8H13N3O3/c1-2-11(5-3-4-9)8(14)10-6-7(12)13/h2-3,5-6H2,1H3,(H,10,14)(H,12,13). The first-order valence-electron chi connectivity index (χ1n) is 4.23. The Balaban J connectivity index is 3.92. The summed E-state index contributed by atoms with van der Waals surface area (Å²) in [5, 5.41) is 18.8. The number of rotatable bonds is 5. The number of carbonyl (C=O) groups excluding carboxylic acids is 1. The van der Waals surface area contributed by atoms with Crippen LogP contribution in [0.15, 0.2) is 0 Å². The van der Waals surface area contributed by atoms with Crippen molar-refractivity contribution in [1.82, 2.24) is 10.2 Å². The molecule has 0 atom stereocenters. The van der Waals surface area contributed by atoms with Gasteiger partial charge in [-0.25, -0.2) is 4.79 Å². The van der Waals surface area contributed by atoms with E-state index in [-0.39, 0.29) is 6.42 Å². The molecule has 0 radical (unpaired) electrons. The van der Waals surface area contributed by atoms with Crippen molar-refractivity contribution in [3.63, 3.8) is 0 Å². The summed E-state index contributed by atoms with van der Waals surface area (Å²) in [4.78, 5) is 22.8. The molecule has 78 valence electrons. The molecule has 6 nitrogen and oxygen atoms in total. The molecule has 6 heteroatoms. The second-order valence-corrected chi connectivity index (χ2v) is 2.54. The van der Waals surface area contributed by atoms with Crippen LogP contribution in [0, 0.1) is 11.3 Å². The maximum absolute atomic E-state index is 11.2. The van der Waals surface area contributed by atoms with Crippen LogP contribution in [0.4, 0.5) is 4.79 Å². The molecule has 0 aliphatic carbocycles. The van der Waals surface area contributed by atoms with Crippen molar-refractivity contribution in [1.29, 1.82) is 5.26 Å². The molecule has 0 aliphatic heterocycles. The van der Waals surface area contributed by atoms with Crippen LogP contribution in [-0.2, 0) is 4.79 Å². The Morgan fingerprint density at radius 2 is 2.21 bits per heavy atom. The van der Waals surface area contributed by atoms with Crippen LogP contribution in [0.25, 0.3) is 0 Å². The number of carboxylic acids is 1. The third-order valence-electron chi connectivity index (χ3n) is 1.55. The zero-order chi connectivity index (χ0) is 11.0. The number of amides is 2. The van der Waals surface area contributed by atoms with Crippen molar-refractivity contribution in [2.45, 2.75) is 13.3 Å². The molecule has 0 aliphatic rings. The average Bonchev–Trinajstić information content (AvgIpc) is 2.16. The summed E-state index contributed by atoms with van der Waals surface area (Å²) in [6.45, 7) is 2.13. The fraction of sp³-hybridized carbons (Fsp3) is 0.625. The van der Waals surface area contributed by atoms with Crippen LogP contribution >= 0.6 is 0 Å². The van der Waals surface area contributed by atoms with Crippen LogP contribution in [0.5, 0.6) is 0 Å². The highest BCUT2D eigenvalue weighted by Gasteiger charge is 2.11. The van der Waals surface area contributed by atoms with Crippen LogP contribution in [0.1, 0.15) is 13.3 Å². The van der Waals surface area contributed by atoms with Crippen molar-refractivity contribution < 1.29 is 14.7 Å². The summed E-state index contributed by atoms with van der Waals surface area (Å²) in [6.07, 6.45) is 0.244. The molecule has 0 heterocycles. The number of hydrogen-bond acceptors (Lipinski definition) is 3. The molecule has 2 amide bonds. The molecule has 0 aromatic heterocycles. The van der Waals surface area contributed by atoms with Gasteiger partial charge < -0.3 is 15.3 Å². The van der Waals surface area contributed by atoms with E-state index >= 15 is 0 Å². The Morgan fingerprint density at radius 3 is 2.64 bits per heavy atom. The predicted octanol–water partition coefficient (Wildman–Crippen LogP) is 0.0162. The summed E-state index contributed by atoms with van der Waals surface area (Å²) < 4.78 is 0. The van der Waals surface area contributed by atoms with Gasteiger partial charge in [0.1, 0.15) is 6.54 Å². The number of hydrogen-bond donors (Lipinski definition) is 2. The molecular formula is C8H13N3O3. The van der Waals surface area contributed by atoms with Gasteiger partial charge in [-0.1, -0.05) is 0 Å². The van der Waals surface area contributed by atoms with E-state index in [4.69, 9.17) is 10.4 Å². The van der Waals surface area contributed by atoms with E-state index in [1.165, 1.54) is 4.90 Å². The van der Waals surface area contributed by atoms with Gasteiger partial charge in [-0.05, 0) is 6.92 Å². The van der Waals surface area contributed by atoms with Gasteiger partial charge in [-0.2, -0.15) is 5.26 Å². The third-order valence-corrected chi connectivity index (χ3v) is 1.55. The highest BCUT2D eigenvalue weighted by atomic mass is 16.4. The lowest BCUT2D eigenvalue weighted by molar-refractivity contribution is -0.135. The second-order valence-electron chi connectivity index (χ2n) is 2.54. The van der Waals surface area contributed by atoms with Crippen LogP contribution in [0.2, 0.25) is 0 Å². The number of carboxylic acid groups (broad SMARTS) is 1. The van der Waals surface area contributed by atoms with E-state index in [1.807, 2.05) is 6.07 Å². The third kappa shape index (κ3) is 4.98. The summed E-state index contributed by atoms with van der Waals surface area (Å²) in [6, 6.07) is 1.46. The maximum atomic E-state index is 11.2. The summed E-state index contributed by atoms with van der Waals surface area (Å²) >= 11 is 0. The molecule has 0 aromatic carbocycles. The average molecular weight is 199 g/mol. The first kappa shape index (κ1) is 12.2. The van der Waals surface area contributed by atoms with E-state index in [9.17, 15) is 9.59 Å². The molecule has 2 N–H and O–H groups in total. The fourth-order valence-electron chi connectivity index (χ4n) is 0.851. The van der Waals surface area contributed by atoms with E-state index in [2.05, 4.69) is 5.32 Å². The Kier molecular flexibility index (Phi) is 5.87. The molecule has 0 rings (SSSR count). The van der Waals surface area contributed by atoms with Crippen molar-refractivity contribution in [2.75, 3.05) is 19.6 Å². The van der Waals surface area contributed by atoms with Gasteiger partial charge in [0.2, 0.25) is 0 Å². The van der Waals surface area contributed by atoms with Crippen molar-refractivity contribution in [3.8, 4) is 6.07 Å². The summed E-state index contributed by atoms with van der Waals surface area (Å²) in [5.74, 6) is -1.09. The maximum Gasteiger partial charge on any atom is 0.323 e. The molecule has 0 spiro atoms. The smallest absolute Gasteiger partial charge is 0.323 e. The number of carbonyl (C=O) groups is 2. The topological polar surface area (TPSA) is 93.4 Å². The molecular weight excluding hydrogens is 186 g/mol. The summed E-state index contributed by atoms with van der Waals surface area (Å²) in [7, 11) is 0. The molecule has 0 fully saturated rings. The van der Waals surface area contributed by atoms with Crippen molar-refractivity contribution in [3.05, 3.63) is 0 Å². The molecule has 0 aromatic rings. The quantitative estimate of drug-likeness (QED) is 0.652. The van der Waals surface area contributed by atoms with Gasteiger partial charge in [-0.15, -0.1) is 0 Å². The van der Waals surface area contributed by atoms with Crippen molar-refractivity contribution >= 4 is 12.0 Å². The zero-order valence-corrected chi connectivity index (χ0v) is 7.99. The number of nitrogens with zero attached hydrogens (tertiary/aromatic N) is 2. The van der Waals surface area contributed by atoms with Gasteiger partial charge in [0.05, 0.1) is 12.5 Å². The highest BCUT2D eigenvalue weighted by molar-refractivity contribution is 5.79. The minimum Gasteiger partial charge on any atom is -0.480 e. The van der Waals surface area contributed by atoms with E-state index in [0.717, 1.165) is 0 Å². The fourth-order valence-corrected chi connectivity index (χ4v) is 0.851. The zero-order valence-electron chi connectivity index (χ0n) is 7.99. The van der Waals surface area contributed by atoms with Gasteiger partial charge in [0.25, 0.3) is 0 Å². The lowest BCUT2D eigenvalue weighted by atomic mass is 10.4. The highest BCUT2D eigenvalue weighted by Crippen LogP contribution is 1.91. The number of nitriles is 1. The first-order valence-corrected chi connectivity index (χ1v) is 4.23. The minimum atomic E-state index is -1.09. The predicted molar refractivity (Wildman–Crippen MR) is 48.5 cm³/mol. The monoisotopic (exact) mass is 199 g/mol. The van der Waals surface area contributed by atoms with E-state index in [1.54, 1.807) is 6.92 Å². The first-order chi connectivity index (χ1) is 6.61. The summed E-state index contributed by atoms with van der Waals surface area (Å²) in [5.41, 5.74) is 0. The Labute approximate surface area is 82.1 Å². The largest absolute Gasteiger partial charge is 0.480 e. The SMILES string of the molecule is CCN(CCC#N)C(=O)NCC(=O)O. The molecule has 0 bridgehead atoms. The van der Waals surface area contributed by atoms with E-state index < -0.39 is 18.5 Å². The normalized spacial score (nSPS) is 8.86. The molecule has 0 saturated carbocycles. The van der Waals surface area contributed by atoms with Crippen LogP contribution < -0.4 is 5.32 Å². The van der Waals surface area contributed by atoms with Gasteiger partial charge in [0, 0.05) is 13.1 Å². The van der Waals surface area contributed by atoms with Crippen LogP contribution in [-0.4, -0.2) is 41.6 Å². The van der Waals surface area contributed by atoms with Crippen molar-refractivity contribution in [2.24, 2.45) is 0 Å². The lowest BCUT2D eigenvalue weighted by Crippen LogP contribution is -2.42. The Morgan fingerprint density at radius 1 is 1.57 bits per heavy atom. The molecule has 0 saturated heterocycles. The number of aliphatic carboxylic acids is 1. The number of urea groups is 1. The Hall–Kier alpha value is -1.77.